The molecule has 0 saturated heterocycles. The molecule has 1 aliphatic carbocycles. The van der Waals surface area contributed by atoms with E-state index in [1.807, 2.05) is 25.1 Å². The van der Waals surface area contributed by atoms with Gasteiger partial charge in [0, 0.05) is 12.5 Å². The molecule has 1 saturated carbocycles. The number of amides is 1. The Labute approximate surface area is 120 Å². The van der Waals surface area contributed by atoms with Gasteiger partial charge in [0.1, 0.15) is 5.75 Å². The quantitative estimate of drug-likeness (QED) is 0.864. The summed E-state index contributed by atoms with van der Waals surface area (Å²) in [6.07, 6.45) is 3.15. The van der Waals surface area contributed by atoms with Gasteiger partial charge in [-0.05, 0) is 49.4 Å². The van der Waals surface area contributed by atoms with Gasteiger partial charge in [-0.15, -0.1) is 0 Å². The topological polar surface area (TPSA) is 64.3 Å². The third-order valence-corrected chi connectivity index (χ3v) is 4.24. The molecule has 0 spiro atoms. The summed E-state index contributed by atoms with van der Waals surface area (Å²) in [4.78, 5) is 12.2. The fourth-order valence-electron chi connectivity index (χ4n) is 2.96. The maximum absolute atomic E-state index is 12.2. The van der Waals surface area contributed by atoms with Crippen LogP contribution in [0.3, 0.4) is 0 Å². The predicted molar refractivity (Wildman–Crippen MR) is 79.5 cm³/mol. The normalized spacial score (nSPS) is 21.8. The van der Waals surface area contributed by atoms with Gasteiger partial charge in [0.15, 0.2) is 0 Å². The summed E-state index contributed by atoms with van der Waals surface area (Å²) in [6, 6.07) is 6.01. The minimum atomic E-state index is 0.0901. The molecule has 1 aliphatic rings. The highest BCUT2D eigenvalue weighted by atomic mass is 16.5. The second kappa shape index (κ2) is 6.75. The Morgan fingerprint density at radius 2 is 2.25 bits per heavy atom. The van der Waals surface area contributed by atoms with E-state index >= 15 is 0 Å². The number of carbonyl (C=O) groups excluding carboxylic acids is 1. The number of aryl methyl sites for hydroxylation is 1. The van der Waals surface area contributed by atoms with E-state index < -0.39 is 0 Å². The Morgan fingerprint density at radius 1 is 1.45 bits per heavy atom. The summed E-state index contributed by atoms with van der Waals surface area (Å²) < 4.78 is 5.30. The van der Waals surface area contributed by atoms with Crippen molar-refractivity contribution in [3.05, 3.63) is 29.3 Å². The van der Waals surface area contributed by atoms with E-state index in [4.69, 9.17) is 10.5 Å². The Kier molecular flexibility index (Phi) is 5.01. The van der Waals surface area contributed by atoms with Crippen molar-refractivity contribution in [3.8, 4) is 5.75 Å². The zero-order chi connectivity index (χ0) is 14.5. The molecule has 1 aromatic rings. The molecule has 4 nitrogen and oxygen atoms in total. The average Bonchev–Trinajstić information content (AvgIpc) is 2.94. The van der Waals surface area contributed by atoms with Crippen molar-refractivity contribution < 1.29 is 9.53 Å². The number of nitrogens with two attached hydrogens (primary N) is 1. The van der Waals surface area contributed by atoms with Crippen LogP contribution < -0.4 is 15.8 Å². The molecule has 1 aromatic carbocycles. The number of nitrogens with one attached hydrogen (secondary N) is 1. The summed E-state index contributed by atoms with van der Waals surface area (Å²) >= 11 is 0. The van der Waals surface area contributed by atoms with Crippen LogP contribution in [-0.2, 0) is 11.3 Å². The van der Waals surface area contributed by atoms with Crippen LogP contribution in [0.4, 0.5) is 0 Å². The van der Waals surface area contributed by atoms with E-state index in [0.29, 0.717) is 19.0 Å². The first kappa shape index (κ1) is 14.9. The molecule has 0 heterocycles. The van der Waals surface area contributed by atoms with E-state index in [9.17, 15) is 4.79 Å². The van der Waals surface area contributed by atoms with Gasteiger partial charge in [-0.1, -0.05) is 18.6 Å². The van der Waals surface area contributed by atoms with Crippen LogP contribution in [0.25, 0.3) is 0 Å². The van der Waals surface area contributed by atoms with Crippen molar-refractivity contribution in [3.63, 3.8) is 0 Å². The zero-order valence-corrected chi connectivity index (χ0v) is 12.3. The van der Waals surface area contributed by atoms with E-state index in [2.05, 4.69) is 5.32 Å². The summed E-state index contributed by atoms with van der Waals surface area (Å²) in [5, 5.41) is 3.03. The maximum Gasteiger partial charge on any atom is 0.223 e. The summed E-state index contributed by atoms with van der Waals surface area (Å²) in [5.74, 6) is 1.44. The second-order valence-electron chi connectivity index (χ2n) is 5.55. The van der Waals surface area contributed by atoms with Crippen molar-refractivity contribution in [2.75, 3.05) is 13.7 Å². The molecule has 1 amide bonds. The van der Waals surface area contributed by atoms with Crippen LogP contribution in [-0.4, -0.2) is 19.6 Å². The van der Waals surface area contributed by atoms with Crippen molar-refractivity contribution in [2.24, 2.45) is 17.6 Å². The summed E-state index contributed by atoms with van der Waals surface area (Å²) in [5.41, 5.74) is 7.88. The van der Waals surface area contributed by atoms with E-state index in [1.165, 1.54) is 0 Å². The number of rotatable bonds is 5. The molecular weight excluding hydrogens is 252 g/mol. The first-order valence-electron chi connectivity index (χ1n) is 7.27. The number of hydrogen-bond acceptors (Lipinski definition) is 3. The number of ether oxygens (including phenoxy) is 1. The van der Waals surface area contributed by atoms with Gasteiger partial charge >= 0.3 is 0 Å². The molecule has 4 heteroatoms. The molecule has 1 fully saturated rings. The van der Waals surface area contributed by atoms with Gasteiger partial charge in [-0.3, -0.25) is 4.79 Å². The number of methoxy groups -OCH3 is 1. The Morgan fingerprint density at radius 3 is 2.95 bits per heavy atom. The third kappa shape index (κ3) is 3.31. The number of benzene rings is 1. The molecule has 2 atom stereocenters. The standard InChI is InChI=1S/C16H24N2O2/c1-11-6-7-12(8-15(11)20-2)10-18-16(19)14-5-3-4-13(14)9-17/h6-8,13-14H,3-5,9-10,17H2,1-2H3,(H,18,19)/t13-,14-/m1/s1. The Bertz CT molecular complexity index is 474. The highest BCUT2D eigenvalue weighted by molar-refractivity contribution is 5.79. The molecule has 0 radical (unpaired) electrons. The molecule has 3 N–H and O–H groups in total. The van der Waals surface area contributed by atoms with Crippen LogP contribution in [0.1, 0.15) is 30.4 Å². The Balaban J connectivity index is 1.93. The molecule has 0 unspecified atom stereocenters. The first-order valence-corrected chi connectivity index (χ1v) is 7.27. The van der Waals surface area contributed by atoms with Crippen LogP contribution in [0.2, 0.25) is 0 Å². The van der Waals surface area contributed by atoms with Gasteiger partial charge in [-0.2, -0.15) is 0 Å². The van der Waals surface area contributed by atoms with E-state index in [0.717, 1.165) is 36.1 Å². The lowest BCUT2D eigenvalue weighted by atomic mass is 9.95. The van der Waals surface area contributed by atoms with Crippen molar-refractivity contribution in [1.82, 2.24) is 5.32 Å². The molecule has 110 valence electrons. The Hall–Kier alpha value is -1.55. The minimum Gasteiger partial charge on any atom is -0.496 e. The summed E-state index contributed by atoms with van der Waals surface area (Å²) in [7, 11) is 1.66. The van der Waals surface area contributed by atoms with Gasteiger partial charge in [0.05, 0.1) is 7.11 Å². The van der Waals surface area contributed by atoms with Crippen LogP contribution in [0.15, 0.2) is 18.2 Å². The van der Waals surface area contributed by atoms with E-state index in [-0.39, 0.29) is 11.8 Å². The van der Waals surface area contributed by atoms with Crippen molar-refractivity contribution in [2.45, 2.75) is 32.7 Å². The smallest absolute Gasteiger partial charge is 0.223 e. The molecule has 20 heavy (non-hydrogen) atoms. The van der Waals surface area contributed by atoms with Crippen LogP contribution in [0, 0.1) is 18.8 Å². The largest absolute Gasteiger partial charge is 0.496 e. The van der Waals surface area contributed by atoms with Crippen molar-refractivity contribution >= 4 is 5.91 Å². The molecule has 0 bridgehead atoms. The molecule has 0 aliphatic heterocycles. The lowest BCUT2D eigenvalue weighted by Gasteiger charge is -2.17. The highest BCUT2D eigenvalue weighted by Crippen LogP contribution is 2.31. The zero-order valence-electron chi connectivity index (χ0n) is 12.3. The van der Waals surface area contributed by atoms with Gasteiger partial charge in [0.25, 0.3) is 0 Å². The predicted octanol–water partition coefficient (Wildman–Crippen LogP) is 1.99. The van der Waals surface area contributed by atoms with Gasteiger partial charge < -0.3 is 15.8 Å². The SMILES string of the molecule is COc1cc(CNC(=O)[C@@H]2CCC[C@@H]2CN)ccc1C. The lowest BCUT2D eigenvalue weighted by Crippen LogP contribution is -2.34. The van der Waals surface area contributed by atoms with Gasteiger partial charge in [-0.25, -0.2) is 0 Å². The lowest BCUT2D eigenvalue weighted by molar-refractivity contribution is -0.126. The first-order chi connectivity index (χ1) is 9.65. The number of hydrogen-bond donors (Lipinski definition) is 2. The molecular formula is C16H24N2O2. The molecule has 0 aromatic heterocycles. The average molecular weight is 276 g/mol. The fourth-order valence-corrected chi connectivity index (χ4v) is 2.96. The fraction of sp³-hybridized carbons (Fsp3) is 0.562. The van der Waals surface area contributed by atoms with Crippen molar-refractivity contribution in [1.29, 1.82) is 0 Å². The molecule has 2 rings (SSSR count). The van der Waals surface area contributed by atoms with E-state index in [1.54, 1.807) is 7.11 Å². The number of carbonyl (C=O) groups is 1. The minimum absolute atomic E-state index is 0.0901. The summed E-state index contributed by atoms with van der Waals surface area (Å²) in [6.45, 7) is 3.16. The highest BCUT2D eigenvalue weighted by Gasteiger charge is 2.31. The maximum atomic E-state index is 12.2. The van der Waals surface area contributed by atoms with Gasteiger partial charge in [0.2, 0.25) is 5.91 Å². The van der Waals surface area contributed by atoms with Crippen LogP contribution >= 0.6 is 0 Å². The monoisotopic (exact) mass is 276 g/mol. The second-order valence-corrected chi connectivity index (χ2v) is 5.55. The van der Waals surface area contributed by atoms with Crippen LogP contribution in [0.5, 0.6) is 5.75 Å². The third-order valence-electron chi connectivity index (χ3n) is 4.24.